The van der Waals surface area contributed by atoms with Gasteiger partial charge in [-0.15, -0.1) is 21.5 Å². The molecule has 150 valence electrons. The lowest BCUT2D eigenvalue weighted by Gasteiger charge is -2.07. The molecule has 5 aromatic rings. The largest absolute Gasteiger partial charge is 0.467 e. The van der Waals surface area contributed by atoms with Crippen molar-refractivity contribution in [3.05, 3.63) is 77.3 Å². The molecule has 0 aliphatic heterocycles. The van der Waals surface area contributed by atoms with Gasteiger partial charge in [0.25, 0.3) is 5.89 Å². The molecule has 0 fully saturated rings. The zero-order valence-electron chi connectivity index (χ0n) is 16.1. The Morgan fingerprint density at radius 2 is 2.07 bits per heavy atom. The molecule has 0 N–H and O–H groups in total. The van der Waals surface area contributed by atoms with Gasteiger partial charge in [-0.1, -0.05) is 40.7 Å². The summed E-state index contributed by atoms with van der Waals surface area (Å²) in [5.41, 5.74) is 2.06. The lowest BCUT2D eigenvalue weighted by atomic mass is 10.1. The van der Waals surface area contributed by atoms with Crippen molar-refractivity contribution in [2.75, 3.05) is 0 Å². The summed E-state index contributed by atoms with van der Waals surface area (Å²) in [6.45, 7) is 2.59. The molecule has 0 aliphatic carbocycles. The normalized spacial score (nSPS) is 11.2. The van der Waals surface area contributed by atoms with Crippen LogP contribution in [-0.2, 0) is 12.3 Å². The van der Waals surface area contributed by atoms with Gasteiger partial charge in [0.1, 0.15) is 5.76 Å². The maximum absolute atomic E-state index is 5.54. The number of thiophene rings is 1. The predicted octanol–water partition coefficient (Wildman–Crippen LogP) is 5.30. The second-order valence-electron chi connectivity index (χ2n) is 6.62. The summed E-state index contributed by atoms with van der Waals surface area (Å²) in [7, 11) is 0. The van der Waals surface area contributed by atoms with Crippen LogP contribution >= 0.6 is 23.1 Å². The Hall–Kier alpha value is -3.17. The summed E-state index contributed by atoms with van der Waals surface area (Å²) in [4.78, 5) is 5.58. The minimum absolute atomic E-state index is 0.519. The summed E-state index contributed by atoms with van der Waals surface area (Å²) in [6.07, 6.45) is 1.67. The van der Waals surface area contributed by atoms with Crippen LogP contribution in [0.1, 0.15) is 17.1 Å². The van der Waals surface area contributed by atoms with Crippen molar-refractivity contribution in [3.63, 3.8) is 0 Å². The van der Waals surface area contributed by atoms with Crippen LogP contribution < -0.4 is 0 Å². The van der Waals surface area contributed by atoms with Crippen LogP contribution in [-0.4, -0.2) is 24.9 Å². The fourth-order valence-corrected chi connectivity index (χ4v) is 4.52. The first-order valence-electron chi connectivity index (χ1n) is 9.28. The van der Waals surface area contributed by atoms with Crippen molar-refractivity contribution in [3.8, 4) is 22.2 Å². The van der Waals surface area contributed by atoms with Gasteiger partial charge in [-0.05, 0) is 42.6 Å². The maximum atomic E-state index is 5.54. The first-order chi connectivity index (χ1) is 14.8. The number of benzene rings is 1. The number of nitrogens with zero attached hydrogens (tertiary/aromatic N) is 5. The molecule has 1 aromatic carbocycles. The van der Waals surface area contributed by atoms with Crippen LogP contribution in [0, 0.1) is 6.92 Å². The minimum atomic E-state index is 0.519. The third kappa shape index (κ3) is 3.94. The van der Waals surface area contributed by atoms with Gasteiger partial charge in [0, 0.05) is 5.56 Å². The fraction of sp³-hybridized carbons (Fsp3) is 0.143. The van der Waals surface area contributed by atoms with Crippen LogP contribution in [0.4, 0.5) is 0 Å². The molecule has 0 spiro atoms. The highest BCUT2D eigenvalue weighted by molar-refractivity contribution is 7.98. The summed E-state index contributed by atoms with van der Waals surface area (Å²) in [6, 6.07) is 15.9. The third-order valence-corrected chi connectivity index (χ3v) is 6.24. The number of hydrogen-bond acceptors (Lipinski definition) is 8. The molecule has 4 heterocycles. The van der Waals surface area contributed by atoms with Crippen LogP contribution in [0.2, 0.25) is 0 Å². The summed E-state index contributed by atoms with van der Waals surface area (Å²) >= 11 is 3.15. The SMILES string of the molecule is Cc1cccc(-c2nc(CSc3nnc(-c4cccs4)n3Cc3ccco3)no2)c1. The highest BCUT2D eigenvalue weighted by Crippen LogP contribution is 2.29. The minimum Gasteiger partial charge on any atom is -0.467 e. The molecule has 0 bridgehead atoms. The number of aromatic nitrogens is 5. The Kier molecular flexibility index (Phi) is 5.20. The average Bonchev–Trinajstić information content (AvgIpc) is 3.54. The topological polar surface area (TPSA) is 82.8 Å². The molecule has 0 unspecified atom stereocenters. The Bertz CT molecular complexity index is 1240. The van der Waals surface area contributed by atoms with E-state index in [4.69, 9.17) is 8.94 Å². The van der Waals surface area contributed by atoms with E-state index in [1.807, 2.05) is 60.8 Å². The lowest BCUT2D eigenvalue weighted by molar-refractivity contribution is 0.425. The molecule has 7 nitrogen and oxygen atoms in total. The van der Waals surface area contributed by atoms with Crippen LogP contribution in [0.25, 0.3) is 22.2 Å². The van der Waals surface area contributed by atoms with Gasteiger partial charge in [0.05, 0.1) is 23.4 Å². The molecule has 30 heavy (non-hydrogen) atoms. The molecule has 0 saturated carbocycles. The van der Waals surface area contributed by atoms with Crippen LogP contribution in [0.3, 0.4) is 0 Å². The van der Waals surface area contributed by atoms with E-state index in [0.29, 0.717) is 24.0 Å². The van der Waals surface area contributed by atoms with E-state index in [0.717, 1.165) is 32.7 Å². The van der Waals surface area contributed by atoms with Crippen molar-refractivity contribution < 1.29 is 8.94 Å². The van der Waals surface area contributed by atoms with E-state index in [-0.39, 0.29) is 0 Å². The van der Waals surface area contributed by atoms with Gasteiger partial charge in [-0.25, -0.2) is 0 Å². The Balaban J connectivity index is 1.37. The van der Waals surface area contributed by atoms with E-state index >= 15 is 0 Å². The molecule has 9 heteroatoms. The summed E-state index contributed by atoms with van der Waals surface area (Å²) in [5, 5.41) is 15.7. The molecule has 0 atom stereocenters. The lowest BCUT2D eigenvalue weighted by Crippen LogP contribution is -2.03. The first kappa shape index (κ1) is 18.8. The standard InChI is InChI=1S/C21H17N5O2S2/c1-14-5-2-6-15(11-14)20-22-18(25-28-20)13-30-21-24-23-19(17-8-4-10-29-17)26(21)12-16-7-3-9-27-16/h2-11H,12-13H2,1H3. The van der Waals surface area contributed by atoms with Gasteiger partial charge in [-0.2, -0.15) is 4.98 Å². The molecular formula is C21H17N5O2S2. The monoisotopic (exact) mass is 435 g/mol. The number of hydrogen-bond donors (Lipinski definition) is 0. The Morgan fingerprint density at radius 1 is 1.10 bits per heavy atom. The van der Waals surface area contributed by atoms with E-state index in [2.05, 4.69) is 24.9 Å². The Labute approximate surface area is 180 Å². The average molecular weight is 436 g/mol. The van der Waals surface area contributed by atoms with Crippen LogP contribution in [0.15, 0.2) is 74.3 Å². The molecule has 4 aromatic heterocycles. The number of rotatable bonds is 7. The molecule has 5 rings (SSSR count). The van der Waals surface area contributed by atoms with Crippen molar-refractivity contribution in [2.24, 2.45) is 0 Å². The van der Waals surface area contributed by atoms with Crippen molar-refractivity contribution in [1.29, 1.82) is 0 Å². The Morgan fingerprint density at radius 3 is 2.87 bits per heavy atom. The van der Waals surface area contributed by atoms with Crippen molar-refractivity contribution in [2.45, 2.75) is 24.4 Å². The summed E-state index contributed by atoms with van der Waals surface area (Å²) in [5.74, 6) is 3.32. The van der Waals surface area contributed by atoms with E-state index in [9.17, 15) is 0 Å². The highest BCUT2D eigenvalue weighted by atomic mass is 32.2. The second-order valence-corrected chi connectivity index (χ2v) is 8.51. The number of aryl methyl sites for hydroxylation is 1. The molecule has 0 radical (unpaired) electrons. The number of furan rings is 1. The summed E-state index contributed by atoms with van der Waals surface area (Å²) < 4.78 is 13.0. The second kappa shape index (κ2) is 8.29. The molecule has 0 aliphatic rings. The molecule has 0 amide bonds. The number of thioether (sulfide) groups is 1. The van der Waals surface area contributed by atoms with Gasteiger partial charge in [0.15, 0.2) is 16.8 Å². The van der Waals surface area contributed by atoms with Gasteiger partial charge >= 0.3 is 0 Å². The van der Waals surface area contributed by atoms with Crippen LogP contribution in [0.5, 0.6) is 0 Å². The van der Waals surface area contributed by atoms with Crippen molar-refractivity contribution in [1.82, 2.24) is 24.9 Å². The fourth-order valence-electron chi connectivity index (χ4n) is 3.02. The smallest absolute Gasteiger partial charge is 0.257 e. The molecular weight excluding hydrogens is 418 g/mol. The van der Waals surface area contributed by atoms with Gasteiger partial charge < -0.3 is 8.94 Å². The van der Waals surface area contributed by atoms with Gasteiger partial charge in [0.2, 0.25) is 0 Å². The highest BCUT2D eigenvalue weighted by Gasteiger charge is 2.18. The first-order valence-corrected chi connectivity index (χ1v) is 11.1. The third-order valence-electron chi connectivity index (χ3n) is 4.42. The van der Waals surface area contributed by atoms with E-state index < -0.39 is 0 Å². The zero-order chi connectivity index (χ0) is 20.3. The van der Waals surface area contributed by atoms with E-state index in [1.165, 1.54) is 11.8 Å². The maximum Gasteiger partial charge on any atom is 0.257 e. The zero-order valence-corrected chi connectivity index (χ0v) is 17.7. The molecule has 0 saturated heterocycles. The van der Waals surface area contributed by atoms with Crippen molar-refractivity contribution >= 4 is 23.1 Å². The quantitative estimate of drug-likeness (QED) is 0.321. The van der Waals surface area contributed by atoms with E-state index in [1.54, 1.807) is 17.6 Å². The predicted molar refractivity (Wildman–Crippen MR) is 115 cm³/mol. The van der Waals surface area contributed by atoms with Gasteiger partial charge in [-0.3, -0.25) is 4.57 Å².